The third-order valence-electron chi connectivity index (χ3n) is 5.38. The maximum absolute atomic E-state index is 12.6. The average Bonchev–Trinajstić information content (AvgIpc) is 3.19. The van der Waals surface area contributed by atoms with Crippen molar-refractivity contribution < 1.29 is 14.3 Å². The Bertz CT molecular complexity index is 1230. The standard InChI is InChI=1S/C27H26BrClN2O3S/c1-3-17-9-11-20(12-10-17)30-27-31-26(32)25(35-27)14-19-13-23(33-4-2)24(15-21(19)28)34-16-18-7-5-6-8-22(18)29/h5-15,27,30H,3-4,16H2,1-2H3,(H,31,32)/b25-14-/t27-/m0/s1. The Morgan fingerprint density at radius 3 is 2.54 bits per heavy atom. The highest BCUT2D eigenvalue weighted by atomic mass is 79.9. The molecule has 1 saturated heterocycles. The number of nitrogens with one attached hydrogen (secondary N) is 2. The molecule has 35 heavy (non-hydrogen) atoms. The van der Waals surface area contributed by atoms with Gasteiger partial charge in [0, 0.05) is 20.7 Å². The summed E-state index contributed by atoms with van der Waals surface area (Å²) in [6, 6.07) is 19.5. The summed E-state index contributed by atoms with van der Waals surface area (Å²) in [5.41, 5.74) is 3.70. The van der Waals surface area contributed by atoms with Gasteiger partial charge in [0.2, 0.25) is 0 Å². The molecule has 0 spiro atoms. The number of benzene rings is 3. The van der Waals surface area contributed by atoms with Gasteiger partial charge in [-0.1, -0.05) is 76.5 Å². The number of carbonyl (C=O) groups excluding carboxylic acids is 1. The van der Waals surface area contributed by atoms with Crippen molar-refractivity contribution in [3.8, 4) is 11.5 Å². The summed E-state index contributed by atoms with van der Waals surface area (Å²) in [6.07, 6.45) is 2.84. The van der Waals surface area contributed by atoms with Crippen LogP contribution in [0.5, 0.6) is 11.5 Å². The number of carbonyl (C=O) groups is 1. The minimum absolute atomic E-state index is 0.124. The Morgan fingerprint density at radius 1 is 1.09 bits per heavy atom. The van der Waals surface area contributed by atoms with Crippen LogP contribution in [-0.2, 0) is 17.8 Å². The minimum atomic E-state index is -0.246. The molecule has 0 saturated carbocycles. The largest absolute Gasteiger partial charge is 0.490 e. The van der Waals surface area contributed by atoms with Gasteiger partial charge in [-0.15, -0.1) is 0 Å². The van der Waals surface area contributed by atoms with Crippen LogP contribution < -0.4 is 20.1 Å². The van der Waals surface area contributed by atoms with Crippen LogP contribution in [0.25, 0.3) is 6.08 Å². The van der Waals surface area contributed by atoms with Crippen molar-refractivity contribution in [3.05, 3.63) is 91.8 Å². The van der Waals surface area contributed by atoms with Crippen LogP contribution in [0.4, 0.5) is 5.69 Å². The summed E-state index contributed by atoms with van der Waals surface area (Å²) >= 11 is 11.3. The molecule has 0 radical (unpaired) electrons. The quantitative estimate of drug-likeness (QED) is 0.264. The molecule has 1 fully saturated rings. The van der Waals surface area contributed by atoms with Crippen molar-refractivity contribution in [2.45, 2.75) is 32.4 Å². The number of aryl methyl sites for hydroxylation is 1. The Morgan fingerprint density at radius 2 is 1.83 bits per heavy atom. The predicted molar refractivity (Wildman–Crippen MR) is 148 cm³/mol. The number of rotatable bonds is 9. The first kappa shape index (κ1) is 25.5. The average molecular weight is 574 g/mol. The molecule has 182 valence electrons. The maximum Gasteiger partial charge on any atom is 0.260 e. The van der Waals surface area contributed by atoms with Crippen molar-refractivity contribution >= 4 is 57.0 Å². The molecular weight excluding hydrogens is 548 g/mol. The molecule has 0 unspecified atom stereocenters. The molecule has 1 aliphatic heterocycles. The lowest BCUT2D eigenvalue weighted by molar-refractivity contribution is -0.116. The van der Waals surface area contributed by atoms with Crippen LogP contribution in [0.2, 0.25) is 5.02 Å². The van der Waals surface area contributed by atoms with Gasteiger partial charge in [-0.3, -0.25) is 4.79 Å². The summed E-state index contributed by atoms with van der Waals surface area (Å²) in [6.45, 7) is 4.84. The molecule has 4 rings (SSSR count). The van der Waals surface area contributed by atoms with E-state index in [1.165, 1.54) is 17.3 Å². The van der Waals surface area contributed by atoms with Crippen LogP contribution in [0.15, 0.2) is 70.0 Å². The second-order valence-electron chi connectivity index (χ2n) is 7.81. The lowest BCUT2D eigenvalue weighted by atomic mass is 10.1. The van der Waals surface area contributed by atoms with Gasteiger partial charge >= 0.3 is 0 Å². The molecular formula is C27H26BrClN2O3S. The van der Waals surface area contributed by atoms with E-state index in [1.807, 2.05) is 61.5 Å². The van der Waals surface area contributed by atoms with E-state index in [-0.39, 0.29) is 11.4 Å². The molecule has 1 amide bonds. The number of hydrogen-bond donors (Lipinski definition) is 2. The Balaban J connectivity index is 1.50. The summed E-state index contributed by atoms with van der Waals surface area (Å²) in [5, 5.41) is 6.98. The zero-order chi connectivity index (χ0) is 24.8. The summed E-state index contributed by atoms with van der Waals surface area (Å²) in [5.74, 6) is 1.07. The van der Waals surface area contributed by atoms with E-state index in [4.69, 9.17) is 21.1 Å². The molecule has 2 N–H and O–H groups in total. The fourth-order valence-corrected chi connectivity index (χ4v) is 5.11. The second kappa shape index (κ2) is 11.9. The highest BCUT2D eigenvalue weighted by molar-refractivity contribution is 9.10. The second-order valence-corrected chi connectivity index (χ2v) is 10.2. The van der Waals surface area contributed by atoms with Crippen LogP contribution in [0, 0.1) is 0 Å². The monoisotopic (exact) mass is 572 g/mol. The SMILES string of the molecule is CCOc1cc(/C=C2\S[C@@H](Nc3ccc(CC)cc3)NC2=O)c(Br)cc1OCc1ccccc1Cl. The Labute approximate surface area is 223 Å². The van der Waals surface area contributed by atoms with E-state index < -0.39 is 0 Å². The maximum atomic E-state index is 12.6. The molecule has 0 aromatic heterocycles. The van der Waals surface area contributed by atoms with E-state index in [1.54, 1.807) is 0 Å². The van der Waals surface area contributed by atoms with Crippen LogP contribution in [0.1, 0.15) is 30.5 Å². The third-order valence-corrected chi connectivity index (χ3v) is 7.47. The van der Waals surface area contributed by atoms with Crippen molar-refractivity contribution in [2.75, 3.05) is 11.9 Å². The van der Waals surface area contributed by atoms with Gasteiger partial charge in [0.1, 0.15) is 6.61 Å². The number of thioether (sulfide) groups is 1. The van der Waals surface area contributed by atoms with E-state index >= 15 is 0 Å². The number of halogens is 2. The number of ether oxygens (including phenoxy) is 2. The van der Waals surface area contributed by atoms with Crippen molar-refractivity contribution in [3.63, 3.8) is 0 Å². The molecule has 3 aromatic rings. The lowest BCUT2D eigenvalue weighted by Crippen LogP contribution is -2.30. The first-order valence-corrected chi connectivity index (χ1v) is 13.4. The zero-order valence-corrected chi connectivity index (χ0v) is 22.6. The van der Waals surface area contributed by atoms with Gasteiger partial charge in [0.25, 0.3) is 5.91 Å². The molecule has 3 aromatic carbocycles. The topological polar surface area (TPSA) is 59.6 Å². The predicted octanol–water partition coefficient (Wildman–Crippen LogP) is 7.24. The minimum Gasteiger partial charge on any atom is -0.490 e. The molecule has 1 aliphatic rings. The number of hydrogen-bond acceptors (Lipinski definition) is 5. The van der Waals surface area contributed by atoms with E-state index in [9.17, 15) is 4.79 Å². The highest BCUT2D eigenvalue weighted by Gasteiger charge is 2.27. The summed E-state index contributed by atoms with van der Waals surface area (Å²) < 4.78 is 12.7. The normalized spacial score (nSPS) is 16.3. The number of amides is 1. The van der Waals surface area contributed by atoms with Gasteiger partial charge in [-0.05, 0) is 60.9 Å². The van der Waals surface area contributed by atoms with E-state index in [0.29, 0.717) is 34.6 Å². The zero-order valence-electron chi connectivity index (χ0n) is 19.4. The molecule has 1 atom stereocenters. The third kappa shape index (κ3) is 6.54. The summed E-state index contributed by atoms with van der Waals surface area (Å²) in [4.78, 5) is 13.2. The molecule has 1 heterocycles. The molecule has 0 bridgehead atoms. The Kier molecular flexibility index (Phi) is 8.65. The molecule has 0 aliphatic carbocycles. The summed E-state index contributed by atoms with van der Waals surface area (Å²) in [7, 11) is 0. The number of anilines is 1. The van der Waals surface area contributed by atoms with Crippen molar-refractivity contribution in [1.29, 1.82) is 0 Å². The van der Waals surface area contributed by atoms with Crippen LogP contribution in [0.3, 0.4) is 0 Å². The van der Waals surface area contributed by atoms with Gasteiger partial charge in [0.05, 0.1) is 11.5 Å². The first-order valence-electron chi connectivity index (χ1n) is 11.3. The van der Waals surface area contributed by atoms with Crippen LogP contribution >= 0.6 is 39.3 Å². The van der Waals surface area contributed by atoms with Gasteiger partial charge in [-0.2, -0.15) is 0 Å². The molecule has 8 heteroatoms. The van der Waals surface area contributed by atoms with Gasteiger partial charge in [-0.25, -0.2) is 0 Å². The molecule has 5 nitrogen and oxygen atoms in total. The smallest absolute Gasteiger partial charge is 0.260 e. The van der Waals surface area contributed by atoms with Gasteiger partial charge < -0.3 is 20.1 Å². The highest BCUT2D eigenvalue weighted by Crippen LogP contribution is 2.38. The van der Waals surface area contributed by atoms with Gasteiger partial charge in [0.15, 0.2) is 17.0 Å². The van der Waals surface area contributed by atoms with Crippen LogP contribution in [-0.4, -0.2) is 18.0 Å². The van der Waals surface area contributed by atoms with Crippen molar-refractivity contribution in [2.24, 2.45) is 0 Å². The fourth-order valence-electron chi connectivity index (χ4n) is 3.51. The Hall–Kier alpha value is -2.61. The fraction of sp³-hybridized carbons (Fsp3) is 0.222. The van der Waals surface area contributed by atoms with E-state index in [0.717, 1.165) is 27.7 Å². The van der Waals surface area contributed by atoms with E-state index in [2.05, 4.69) is 45.6 Å². The first-order chi connectivity index (χ1) is 17.0. The lowest BCUT2D eigenvalue weighted by Gasteiger charge is -2.15. The van der Waals surface area contributed by atoms with Crippen molar-refractivity contribution in [1.82, 2.24) is 5.32 Å².